The van der Waals surface area contributed by atoms with Crippen LogP contribution in [0.1, 0.15) is 37.4 Å². The maximum atomic E-state index is 12.5. The zero-order valence-corrected chi connectivity index (χ0v) is 11.7. The van der Waals surface area contributed by atoms with Crippen molar-refractivity contribution < 1.29 is 17.9 Å². The zero-order valence-electron chi connectivity index (χ0n) is 11.7. The van der Waals surface area contributed by atoms with Crippen LogP contribution in [0.15, 0.2) is 24.3 Å². The lowest BCUT2D eigenvalue weighted by Crippen LogP contribution is -2.35. The van der Waals surface area contributed by atoms with Crippen molar-refractivity contribution in [1.29, 1.82) is 0 Å². The Hall–Kier alpha value is -1.07. The van der Waals surface area contributed by atoms with Crippen LogP contribution in [0.5, 0.6) is 0 Å². The number of hydrogen-bond acceptors (Lipinski definition) is 2. The second-order valence-corrected chi connectivity index (χ2v) is 5.42. The Morgan fingerprint density at radius 2 is 1.85 bits per heavy atom. The van der Waals surface area contributed by atoms with Gasteiger partial charge in [0, 0.05) is 18.7 Å². The van der Waals surface area contributed by atoms with Crippen LogP contribution in [0.4, 0.5) is 13.2 Å². The van der Waals surface area contributed by atoms with Crippen molar-refractivity contribution in [2.45, 2.75) is 38.5 Å². The van der Waals surface area contributed by atoms with Crippen molar-refractivity contribution in [2.24, 2.45) is 5.92 Å². The molecule has 2 nitrogen and oxygen atoms in total. The number of alkyl halides is 3. The number of ether oxygens (including phenoxy) is 1. The second kappa shape index (κ2) is 6.14. The van der Waals surface area contributed by atoms with Gasteiger partial charge in [-0.3, -0.25) is 0 Å². The predicted molar refractivity (Wildman–Crippen MR) is 71.4 cm³/mol. The third-order valence-electron chi connectivity index (χ3n) is 3.92. The highest BCUT2D eigenvalue weighted by atomic mass is 19.4. The smallest absolute Gasteiger partial charge is 0.381 e. The van der Waals surface area contributed by atoms with E-state index >= 15 is 0 Å². The highest BCUT2D eigenvalue weighted by Crippen LogP contribution is 2.30. The van der Waals surface area contributed by atoms with Gasteiger partial charge in [0.1, 0.15) is 0 Å². The molecule has 0 amide bonds. The number of nitrogens with one attached hydrogen (secondary N) is 1. The first-order valence-electron chi connectivity index (χ1n) is 6.89. The van der Waals surface area contributed by atoms with Crippen LogP contribution in [0, 0.1) is 5.92 Å². The number of halogens is 3. The van der Waals surface area contributed by atoms with Gasteiger partial charge in [-0.25, -0.2) is 0 Å². The summed E-state index contributed by atoms with van der Waals surface area (Å²) in [6.45, 7) is 5.62. The predicted octanol–water partition coefficient (Wildman–Crippen LogP) is 3.78. The van der Waals surface area contributed by atoms with Crippen molar-refractivity contribution in [3.05, 3.63) is 35.4 Å². The largest absolute Gasteiger partial charge is 0.416 e. The van der Waals surface area contributed by atoms with Gasteiger partial charge in [0.15, 0.2) is 0 Å². The number of rotatable bonds is 4. The minimum Gasteiger partial charge on any atom is -0.381 e. The Labute approximate surface area is 117 Å². The summed E-state index contributed by atoms with van der Waals surface area (Å²) in [5.74, 6) is 0.479. The monoisotopic (exact) mass is 287 g/mol. The summed E-state index contributed by atoms with van der Waals surface area (Å²) in [5, 5.41) is 3.44. The standard InChI is InChI=1S/C15H20F3NO/c1-10(19-11(2)13-7-8-20-9-13)12-3-5-14(6-4-12)15(16,17)18/h3-6,10-11,13,19H,7-9H2,1-2H3. The Bertz CT molecular complexity index is 424. The molecule has 1 heterocycles. The molecule has 0 aromatic heterocycles. The van der Waals surface area contributed by atoms with Crippen molar-refractivity contribution in [2.75, 3.05) is 13.2 Å². The fourth-order valence-corrected chi connectivity index (χ4v) is 2.53. The summed E-state index contributed by atoms with van der Waals surface area (Å²) < 4.78 is 42.9. The quantitative estimate of drug-likeness (QED) is 0.910. The lowest BCUT2D eigenvalue weighted by atomic mass is 9.98. The van der Waals surface area contributed by atoms with Crippen molar-refractivity contribution in [1.82, 2.24) is 5.32 Å². The van der Waals surface area contributed by atoms with Gasteiger partial charge >= 0.3 is 6.18 Å². The first-order valence-corrected chi connectivity index (χ1v) is 6.89. The van der Waals surface area contributed by atoms with Crippen LogP contribution in [-0.2, 0) is 10.9 Å². The van der Waals surface area contributed by atoms with Gasteiger partial charge in [-0.15, -0.1) is 0 Å². The van der Waals surface area contributed by atoms with E-state index in [1.807, 2.05) is 6.92 Å². The molecule has 2 rings (SSSR count). The molecule has 0 saturated carbocycles. The van der Waals surface area contributed by atoms with E-state index in [2.05, 4.69) is 12.2 Å². The third-order valence-corrected chi connectivity index (χ3v) is 3.92. The van der Waals surface area contributed by atoms with E-state index in [1.165, 1.54) is 0 Å². The topological polar surface area (TPSA) is 21.3 Å². The van der Waals surface area contributed by atoms with E-state index in [0.29, 0.717) is 5.92 Å². The van der Waals surface area contributed by atoms with Crippen LogP contribution in [-0.4, -0.2) is 19.3 Å². The average Bonchev–Trinajstić information content (AvgIpc) is 2.91. The normalized spacial score (nSPS) is 22.8. The highest BCUT2D eigenvalue weighted by molar-refractivity contribution is 5.26. The molecule has 1 aromatic carbocycles. The Balaban J connectivity index is 1.96. The SMILES string of the molecule is CC(NC(C)C1CCOC1)c1ccc(C(F)(F)F)cc1. The molecular weight excluding hydrogens is 267 g/mol. The Morgan fingerprint density at radius 1 is 1.20 bits per heavy atom. The Morgan fingerprint density at radius 3 is 2.35 bits per heavy atom. The van der Waals surface area contributed by atoms with Crippen LogP contribution in [0.2, 0.25) is 0 Å². The molecule has 0 radical (unpaired) electrons. The molecular formula is C15H20F3NO. The second-order valence-electron chi connectivity index (χ2n) is 5.42. The van der Waals surface area contributed by atoms with E-state index in [0.717, 1.165) is 37.3 Å². The maximum absolute atomic E-state index is 12.5. The van der Waals surface area contributed by atoms with Crippen molar-refractivity contribution in [3.8, 4) is 0 Å². The fraction of sp³-hybridized carbons (Fsp3) is 0.600. The minimum atomic E-state index is -4.27. The Kier molecular flexibility index (Phi) is 4.70. The molecule has 5 heteroatoms. The van der Waals surface area contributed by atoms with Gasteiger partial charge in [0.2, 0.25) is 0 Å². The molecule has 0 bridgehead atoms. The van der Waals surface area contributed by atoms with Gasteiger partial charge in [-0.2, -0.15) is 13.2 Å². The van der Waals surface area contributed by atoms with Gasteiger partial charge in [0.05, 0.1) is 12.2 Å². The average molecular weight is 287 g/mol. The van der Waals surface area contributed by atoms with Crippen molar-refractivity contribution in [3.63, 3.8) is 0 Å². The van der Waals surface area contributed by atoms with E-state index in [-0.39, 0.29) is 12.1 Å². The molecule has 1 aliphatic rings. The van der Waals surface area contributed by atoms with Crippen LogP contribution in [0.3, 0.4) is 0 Å². The first kappa shape index (κ1) is 15.3. The van der Waals surface area contributed by atoms with Crippen LogP contribution < -0.4 is 5.32 Å². The van der Waals surface area contributed by atoms with Crippen LogP contribution in [0.25, 0.3) is 0 Å². The molecule has 1 saturated heterocycles. The fourth-order valence-electron chi connectivity index (χ4n) is 2.53. The molecule has 1 fully saturated rings. The summed E-state index contributed by atoms with van der Waals surface area (Å²) in [7, 11) is 0. The highest BCUT2D eigenvalue weighted by Gasteiger charge is 2.30. The van der Waals surface area contributed by atoms with E-state index < -0.39 is 11.7 Å². The molecule has 112 valence electrons. The maximum Gasteiger partial charge on any atom is 0.416 e. The number of benzene rings is 1. The number of hydrogen-bond donors (Lipinski definition) is 1. The van der Waals surface area contributed by atoms with E-state index in [9.17, 15) is 13.2 Å². The van der Waals surface area contributed by atoms with Gasteiger partial charge in [0.25, 0.3) is 0 Å². The zero-order chi connectivity index (χ0) is 14.8. The third kappa shape index (κ3) is 3.73. The summed E-state index contributed by atoms with van der Waals surface area (Å²) in [5.41, 5.74) is 0.259. The lowest BCUT2D eigenvalue weighted by molar-refractivity contribution is -0.137. The molecule has 0 spiro atoms. The first-order chi connectivity index (χ1) is 9.38. The van der Waals surface area contributed by atoms with Gasteiger partial charge < -0.3 is 10.1 Å². The molecule has 1 aliphatic heterocycles. The van der Waals surface area contributed by atoms with Crippen molar-refractivity contribution >= 4 is 0 Å². The lowest BCUT2D eigenvalue weighted by Gasteiger charge is -2.24. The van der Waals surface area contributed by atoms with Crippen LogP contribution >= 0.6 is 0 Å². The van der Waals surface area contributed by atoms with E-state index in [4.69, 9.17) is 4.74 Å². The van der Waals surface area contributed by atoms with Gasteiger partial charge in [-0.1, -0.05) is 12.1 Å². The molecule has 3 atom stereocenters. The summed E-state index contributed by atoms with van der Waals surface area (Å²) in [6, 6.07) is 5.66. The molecule has 1 aromatic rings. The molecule has 3 unspecified atom stereocenters. The molecule has 1 N–H and O–H groups in total. The minimum absolute atomic E-state index is 0.0212. The molecule has 20 heavy (non-hydrogen) atoms. The summed E-state index contributed by atoms with van der Waals surface area (Å²) in [6.07, 6.45) is -3.24. The van der Waals surface area contributed by atoms with Gasteiger partial charge in [-0.05, 0) is 43.9 Å². The summed E-state index contributed by atoms with van der Waals surface area (Å²) >= 11 is 0. The summed E-state index contributed by atoms with van der Waals surface area (Å²) in [4.78, 5) is 0. The molecule has 0 aliphatic carbocycles. The van der Waals surface area contributed by atoms with E-state index in [1.54, 1.807) is 12.1 Å².